The van der Waals surface area contributed by atoms with Crippen molar-refractivity contribution in [2.24, 2.45) is 5.92 Å². The van der Waals surface area contributed by atoms with Crippen molar-refractivity contribution in [2.45, 2.75) is 18.9 Å². The molecular formula is C16H19FN4O3. The molecule has 0 spiro atoms. The van der Waals surface area contributed by atoms with Gasteiger partial charge in [0.25, 0.3) is 0 Å². The molecule has 1 aliphatic heterocycles. The van der Waals surface area contributed by atoms with Crippen LogP contribution in [0.2, 0.25) is 0 Å². The fourth-order valence-corrected chi connectivity index (χ4v) is 3.33. The molecule has 2 N–H and O–H groups in total. The largest absolute Gasteiger partial charge is 0.496 e. The van der Waals surface area contributed by atoms with Crippen molar-refractivity contribution in [2.75, 3.05) is 20.2 Å². The van der Waals surface area contributed by atoms with Gasteiger partial charge in [0.15, 0.2) is 0 Å². The van der Waals surface area contributed by atoms with Gasteiger partial charge in [-0.15, -0.1) is 0 Å². The lowest BCUT2D eigenvalue weighted by Crippen LogP contribution is -2.21. The molecule has 1 aromatic heterocycles. The summed E-state index contributed by atoms with van der Waals surface area (Å²) in [5.41, 5.74) is 1.64. The van der Waals surface area contributed by atoms with E-state index in [2.05, 4.69) is 20.3 Å². The Hall–Kier alpha value is -2.48. The highest BCUT2D eigenvalue weighted by Crippen LogP contribution is 2.35. The number of hydrogen-bond donors (Lipinski definition) is 2. The maximum absolute atomic E-state index is 13.3. The van der Waals surface area contributed by atoms with Gasteiger partial charge in [-0.25, -0.2) is 4.39 Å². The quantitative estimate of drug-likeness (QED) is 0.834. The summed E-state index contributed by atoms with van der Waals surface area (Å²) in [5, 5.41) is 19.7. The van der Waals surface area contributed by atoms with Crippen molar-refractivity contribution >= 4 is 5.97 Å². The number of rotatable bonds is 6. The standard InChI is InChI=1S/C16H19FN4O3/c1-24-15-5-12(17)3-2-10(15)7-21-8-11(4-16(22)23)13(9-21)14-6-18-20-19-14/h2-3,5-6,11,13H,4,7-9H2,1H3,(H,22,23)(H,18,19,20)/t11-,13+/m1/s1. The van der Waals surface area contributed by atoms with Crippen molar-refractivity contribution in [1.29, 1.82) is 0 Å². The monoisotopic (exact) mass is 334 g/mol. The van der Waals surface area contributed by atoms with Crippen LogP contribution in [-0.2, 0) is 11.3 Å². The van der Waals surface area contributed by atoms with Gasteiger partial charge in [-0.05, 0) is 12.0 Å². The van der Waals surface area contributed by atoms with Gasteiger partial charge in [-0.1, -0.05) is 6.07 Å². The summed E-state index contributed by atoms with van der Waals surface area (Å²) in [6.07, 6.45) is 1.72. The van der Waals surface area contributed by atoms with Crippen LogP contribution in [0.25, 0.3) is 0 Å². The molecule has 1 aromatic carbocycles. The number of likely N-dealkylation sites (tertiary alicyclic amines) is 1. The van der Waals surface area contributed by atoms with E-state index in [0.717, 1.165) is 11.3 Å². The number of aromatic nitrogens is 3. The SMILES string of the molecule is COc1cc(F)ccc1CN1C[C@@H](CC(=O)O)[C@@H](c2cn[nH]n2)C1. The van der Waals surface area contributed by atoms with Crippen LogP contribution in [0.1, 0.15) is 23.6 Å². The second-order valence-corrected chi connectivity index (χ2v) is 6.01. The Morgan fingerprint density at radius 2 is 2.33 bits per heavy atom. The maximum atomic E-state index is 13.3. The maximum Gasteiger partial charge on any atom is 0.303 e. The number of H-pyrrole nitrogens is 1. The Bertz CT molecular complexity index is 707. The normalized spacial score (nSPS) is 21.1. The van der Waals surface area contributed by atoms with Crippen LogP contribution in [0.15, 0.2) is 24.4 Å². The Morgan fingerprint density at radius 3 is 3.00 bits per heavy atom. The third-order valence-electron chi connectivity index (χ3n) is 4.41. The number of nitrogens with zero attached hydrogens (tertiary/aromatic N) is 3. The summed E-state index contributed by atoms with van der Waals surface area (Å²) in [6, 6.07) is 4.46. The predicted octanol–water partition coefficient (Wildman–Crippen LogP) is 1.64. The molecule has 1 fully saturated rings. The van der Waals surface area contributed by atoms with Crippen molar-refractivity contribution in [3.8, 4) is 5.75 Å². The molecule has 0 unspecified atom stereocenters. The number of carbonyl (C=O) groups is 1. The summed E-state index contributed by atoms with van der Waals surface area (Å²) in [5.74, 6) is -0.712. The lowest BCUT2D eigenvalue weighted by atomic mass is 9.91. The molecule has 24 heavy (non-hydrogen) atoms. The number of benzene rings is 1. The van der Waals surface area contributed by atoms with Crippen LogP contribution in [0.5, 0.6) is 5.75 Å². The van der Waals surface area contributed by atoms with E-state index in [0.29, 0.717) is 25.4 Å². The van der Waals surface area contributed by atoms with Crippen LogP contribution in [0, 0.1) is 11.7 Å². The number of halogens is 1. The molecule has 2 heterocycles. The average Bonchev–Trinajstić information content (AvgIpc) is 3.18. The van der Waals surface area contributed by atoms with E-state index in [1.54, 1.807) is 12.3 Å². The highest BCUT2D eigenvalue weighted by Gasteiger charge is 2.36. The average molecular weight is 334 g/mol. The van der Waals surface area contributed by atoms with E-state index in [9.17, 15) is 9.18 Å². The first-order valence-corrected chi connectivity index (χ1v) is 7.69. The van der Waals surface area contributed by atoms with Crippen LogP contribution < -0.4 is 4.74 Å². The third-order valence-corrected chi connectivity index (χ3v) is 4.41. The molecule has 128 valence electrons. The number of carboxylic acids is 1. The van der Waals surface area contributed by atoms with Gasteiger partial charge in [0.05, 0.1) is 25.4 Å². The smallest absolute Gasteiger partial charge is 0.303 e. The minimum atomic E-state index is -0.824. The lowest BCUT2D eigenvalue weighted by molar-refractivity contribution is -0.138. The number of methoxy groups -OCH3 is 1. The van der Waals surface area contributed by atoms with Crippen molar-refractivity contribution in [3.63, 3.8) is 0 Å². The zero-order valence-electron chi connectivity index (χ0n) is 13.3. The second kappa shape index (κ2) is 6.96. The predicted molar refractivity (Wildman–Crippen MR) is 83.1 cm³/mol. The Kier molecular flexibility index (Phi) is 4.75. The Balaban J connectivity index is 1.77. The summed E-state index contributed by atoms with van der Waals surface area (Å²) in [7, 11) is 1.51. The first-order chi connectivity index (χ1) is 11.6. The molecule has 7 nitrogen and oxygen atoms in total. The first-order valence-electron chi connectivity index (χ1n) is 7.69. The molecule has 0 amide bonds. The Morgan fingerprint density at radius 1 is 1.50 bits per heavy atom. The van der Waals surface area contributed by atoms with E-state index in [1.165, 1.54) is 19.2 Å². The molecule has 2 atom stereocenters. The van der Waals surface area contributed by atoms with Crippen LogP contribution >= 0.6 is 0 Å². The molecule has 0 bridgehead atoms. The summed E-state index contributed by atoms with van der Waals surface area (Å²) in [4.78, 5) is 13.3. The fourth-order valence-electron chi connectivity index (χ4n) is 3.33. The minimum Gasteiger partial charge on any atom is -0.496 e. The molecule has 0 saturated carbocycles. The fraction of sp³-hybridized carbons (Fsp3) is 0.438. The Labute approximate surface area is 138 Å². The molecule has 1 aliphatic rings. The second-order valence-electron chi connectivity index (χ2n) is 6.01. The summed E-state index contributed by atoms with van der Waals surface area (Å²) >= 11 is 0. The number of aromatic amines is 1. The molecule has 3 rings (SSSR count). The molecule has 8 heteroatoms. The van der Waals surface area contributed by atoms with Gasteiger partial charge < -0.3 is 9.84 Å². The molecule has 1 saturated heterocycles. The van der Waals surface area contributed by atoms with Gasteiger partial charge in [-0.3, -0.25) is 9.69 Å². The highest BCUT2D eigenvalue weighted by molar-refractivity contribution is 5.67. The van der Waals surface area contributed by atoms with Crippen molar-refractivity contribution < 1.29 is 19.0 Å². The topological polar surface area (TPSA) is 91.3 Å². The van der Waals surface area contributed by atoms with Gasteiger partial charge in [0, 0.05) is 37.2 Å². The molecule has 2 aromatic rings. The number of nitrogens with one attached hydrogen (secondary N) is 1. The zero-order chi connectivity index (χ0) is 17.1. The third kappa shape index (κ3) is 3.53. The van der Waals surface area contributed by atoms with E-state index in [4.69, 9.17) is 9.84 Å². The number of aliphatic carboxylic acids is 1. The number of carboxylic acid groups (broad SMARTS) is 1. The zero-order valence-corrected chi connectivity index (χ0v) is 13.3. The van der Waals surface area contributed by atoms with E-state index >= 15 is 0 Å². The van der Waals surface area contributed by atoms with E-state index in [-0.39, 0.29) is 24.1 Å². The molecular weight excluding hydrogens is 315 g/mol. The van der Waals surface area contributed by atoms with Gasteiger partial charge >= 0.3 is 5.97 Å². The number of ether oxygens (including phenoxy) is 1. The highest BCUT2D eigenvalue weighted by atomic mass is 19.1. The first kappa shape index (κ1) is 16.4. The summed E-state index contributed by atoms with van der Waals surface area (Å²) in [6.45, 7) is 1.86. The van der Waals surface area contributed by atoms with Crippen LogP contribution in [0.4, 0.5) is 4.39 Å². The lowest BCUT2D eigenvalue weighted by Gasteiger charge is -2.17. The minimum absolute atomic E-state index is 0.00583. The molecule has 0 aliphatic carbocycles. The van der Waals surface area contributed by atoms with Gasteiger partial charge in [-0.2, -0.15) is 15.4 Å². The summed E-state index contributed by atoms with van der Waals surface area (Å²) < 4.78 is 18.6. The van der Waals surface area contributed by atoms with Crippen molar-refractivity contribution in [1.82, 2.24) is 20.3 Å². The van der Waals surface area contributed by atoms with Crippen molar-refractivity contribution in [3.05, 3.63) is 41.5 Å². The van der Waals surface area contributed by atoms with E-state index < -0.39 is 5.97 Å². The van der Waals surface area contributed by atoms with Crippen LogP contribution in [0.3, 0.4) is 0 Å². The number of hydrogen-bond acceptors (Lipinski definition) is 5. The van der Waals surface area contributed by atoms with Gasteiger partial charge in [0.1, 0.15) is 11.6 Å². The van der Waals surface area contributed by atoms with Gasteiger partial charge in [0.2, 0.25) is 0 Å². The van der Waals surface area contributed by atoms with E-state index in [1.807, 2.05) is 0 Å². The molecule has 0 radical (unpaired) electrons. The van der Waals surface area contributed by atoms with Crippen LogP contribution in [-0.4, -0.2) is 51.6 Å².